The van der Waals surface area contributed by atoms with Crippen LogP contribution in [-0.4, -0.2) is 57.9 Å². The van der Waals surface area contributed by atoms with Gasteiger partial charge in [0.15, 0.2) is 0 Å². The minimum absolute atomic E-state index is 0.0660. The molecule has 0 aliphatic carbocycles. The van der Waals surface area contributed by atoms with Gasteiger partial charge in [0, 0.05) is 19.2 Å². The van der Waals surface area contributed by atoms with Gasteiger partial charge in [-0.1, -0.05) is 74.9 Å². The summed E-state index contributed by atoms with van der Waals surface area (Å²) in [5.74, 6) is -0.0180. The highest BCUT2D eigenvalue weighted by Crippen LogP contribution is 2.27. The number of nitrogens with one attached hydrogen (secondary N) is 1. The maximum Gasteiger partial charge on any atom is 0.264 e. The number of aryl methyl sites for hydroxylation is 1. The van der Waals surface area contributed by atoms with Gasteiger partial charge in [-0.25, -0.2) is 8.42 Å². The van der Waals surface area contributed by atoms with Crippen molar-refractivity contribution in [3.05, 3.63) is 90.0 Å². The van der Waals surface area contributed by atoms with Crippen LogP contribution in [0.5, 0.6) is 5.75 Å². The molecule has 0 fully saturated rings. The molecule has 0 saturated carbocycles. The quantitative estimate of drug-likeness (QED) is 0.295. The van der Waals surface area contributed by atoms with E-state index in [-0.39, 0.29) is 23.3 Å². The van der Waals surface area contributed by atoms with Crippen molar-refractivity contribution in [2.45, 2.75) is 51.5 Å². The maximum absolute atomic E-state index is 14.1. The Balaban J connectivity index is 2.01. The van der Waals surface area contributed by atoms with E-state index >= 15 is 0 Å². The smallest absolute Gasteiger partial charge is 0.264 e. The first-order chi connectivity index (χ1) is 19.6. The molecule has 1 atom stereocenters. The monoisotopic (exact) mass is 579 g/mol. The van der Waals surface area contributed by atoms with E-state index in [2.05, 4.69) is 5.32 Å². The molecule has 3 aromatic carbocycles. The van der Waals surface area contributed by atoms with E-state index in [4.69, 9.17) is 4.74 Å². The summed E-state index contributed by atoms with van der Waals surface area (Å²) in [5.41, 5.74) is 2.22. The number of ether oxygens (including phenoxy) is 1. The fraction of sp³-hybridized carbons (Fsp3) is 0.375. The second kappa shape index (κ2) is 14.7. The minimum atomic E-state index is -4.14. The molecule has 9 heteroatoms. The van der Waals surface area contributed by atoms with E-state index in [1.165, 1.54) is 24.1 Å². The molecule has 3 aromatic rings. The van der Waals surface area contributed by atoms with E-state index < -0.39 is 28.5 Å². The van der Waals surface area contributed by atoms with Gasteiger partial charge in [0.1, 0.15) is 18.3 Å². The number of methoxy groups -OCH3 is 1. The van der Waals surface area contributed by atoms with Gasteiger partial charge in [0.2, 0.25) is 11.8 Å². The molecule has 3 rings (SSSR count). The van der Waals surface area contributed by atoms with Gasteiger partial charge < -0.3 is 15.0 Å². The van der Waals surface area contributed by atoms with Crippen molar-refractivity contribution in [3.8, 4) is 5.75 Å². The minimum Gasteiger partial charge on any atom is -0.497 e. The van der Waals surface area contributed by atoms with Crippen LogP contribution in [0.15, 0.2) is 83.8 Å². The van der Waals surface area contributed by atoms with Gasteiger partial charge in [-0.3, -0.25) is 13.9 Å². The Morgan fingerprint density at radius 3 is 2.24 bits per heavy atom. The maximum atomic E-state index is 14.1. The van der Waals surface area contributed by atoms with Crippen molar-refractivity contribution in [3.63, 3.8) is 0 Å². The van der Waals surface area contributed by atoms with Crippen LogP contribution in [-0.2, 0) is 26.0 Å². The summed E-state index contributed by atoms with van der Waals surface area (Å²) in [5, 5.41) is 2.95. The third kappa shape index (κ3) is 8.57. The predicted molar refractivity (Wildman–Crippen MR) is 162 cm³/mol. The molecule has 0 aromatic heterocycles. The summed E-state index contributed by atoms with van der Waals surface area (Å²) in [7, 11) is -2.64. The molecule has 0 aliphatic rings. The molecular formula is C32H41N3O5S. The fourth-order valence-electron chi connectivity index (χ4n) is 4.45. The molecule has 0 spiro atoms. The number of amides is 2. The second-order valence-electron chi connectivity index (χ2n) is 10.4. The molecule has 0 unspecified atom stereocenters. The number of carbonyl (C=O) groups excluding carboxylic acids is 2. The summed E-state index contributed by atoms with van der Waals surface area (Å²) in [6.07, 6.45) is 0.902. The lowest BCUT2D eigenvalue weighted by Crippen LogP contribution is -2.53. The lowest BCUT2D eigenvalue weighted by molar-refractivity contribution is -0.139. The zero-order valence-electron chi connectivity index (χ0n) is 24.5. The zero-order chi connectivity index (χ0) is 30.0. The van der Waals surface area contributed by atoms with Gasteiger partial charge in [0.25, 0.3) is 10.0 Å². The van der Waals surface area contributed by atoms with Crippen LogP contribution >= 0.6 is 0 Å². The summed E-state index contributed by atoms with van der Waals surface area (Å²) in [4.78, 5) is 28.9. The van der Waals surface area contributed by atoms with Crippen LogP contribution in [0.25, 0.3) is 0 Å². The highest BCUT2D eigenvalue weighted by atomic mass is 32.2. The van der Waals surface area contributed by atoms with Crippen LogP contribution in [0.3, 0.4) is 0 Å². The Morgan fingerprint density at radius 2 is 1.63 bits per heavy atom. The summed E-state index contributed by atoms with van der Waals surface area (Å²) in [6, 6.07) is 22.0. The average molecular weight is 580 g/mol. The standard InChI is InChI=1S/C32H41N3O5S/c1-6-30(32(37)33-22-24(2)3)34(20-19-26-11-8-7-9-12-26)31(36)23-35(27-13-10-14-28(21-27)40-5)41(38,39)29-17-15-25(4)16-18-29/h7-18,21,24,30H,6,19-20,22-23H2,1-5H3,(H,33,37)/t30-/m1/s1. The lowest BCUT2D eigenvalue weighted by Gasteiger charge is -2.33. The highest BCUT2D eigenvalue weighted by Gasteiger charge is 2.33. The zero-order valence-corrected chi connectivity index (χ0v) is 25.4. The Labute approximate surface area is 244 Å². The number of hydrogen-bond donors (Lipinski definition) is 1. The molecule has 0 bridgehead atoms. The molecular weight excluding hydrogens is 538 g/mol. The average Bonchev–Trinajstić information content (AvgIpc) is 2.97. The van der Waals surface area contributed by atoms with Crippen LogP contribution in [0.2, 0.25) is 0 Å². The first kappa shape index (κ1) is 31.7. The Kier molecular flexibility index (Phi) is 11.3. The van der Waals surface area contributed by atoms with Gasteiger partial charge >= 0.3 is 0 Å². The first-order valence-electron chi connectivity index (χ1n) is 13.9. The van der Waals surface area contributed by atoms with E-state index in [0.717, 1.165) is 15.4 Å². The molecule has 1 N–H and O–H groups in total. The van der Waals surface area contributed by atoms with E-state index in [1.54, 1.807) is 36.4 Å². The number of hydrogen-bond acceptors (Lipinski definition) is 5. The van der Waals surface area contributed by atoms with E-state index in [1.807, 2.05) is 58.0 Å². The number of benzene rings is 3. The fourth-order valence-corrected chi connectivity index (χ4v) is 5.86. The Bertz CT molecular complexity index is 1390. The van der Waals surface area contributed by atoms with Crippen LogP contribution in [0.1, 0.15) is 38.3 Å². The lowest BCUT2D eigenvalue weighted by atomic mass is 10.1. The third-order valence-electron chi connectivity index (χ3n) is 6.78. The number of carbonyl (C=O) groups is 2. The van der Waals surface area contributed by atoms with Crippen LogP contribution in [0.4, 0.5) is 5.69 Å². The Morgan fingerprint density at radius 1 is 0.951 bits per heavy atom. The Hall–Kier alpha value is -3.85. The van der Waals surface area contributed by atoms with Crippen LogP contribution in [0, 0.1) is 12.8 Å². The van der Waals surface area contributed by atoms with Crippen molar-refractivity contribution >= 4 is 27.5 Å². The summed E-state index contributed by atoms with van der Waals surface area (Å²) >= 11 is 0. The molecule has 41 heavy (non-hydrogen) atoms. The molecule has 2 amide bonds. The van der Waals surface area contributed by atoms with Gasteiger partial charge in [-0.2, -0.15) is 0 Å². The molecule has 220 valence electrons. The van der Waals surface area contributed by atoms with Crippen molar-refractivity contribution in [1.29, 1.82) is 0 Å². The first-order valence-corrected chi connectivity index (χ1v) is 15.3. The molecule has 8 nitrogen and oxygen atoms in total. The van der Waals surface area contributed by atoms with Crippen molar-refractivity contribution in [1.82, 2.24) is 10.2 Å². The van der Waals surface area contributed by atoms with E-state index in [9.17, 15) is 18.0 Å². The van der Waals surface area contributed by atoms with Gasteiger partial charge in [-0.15, -0.1) is 0 Å². The van der Waals surface area contributed by atoms with Crippen molar-refractivity contribution < 1.29 is 22.7 Å². The number of sulfonamides is 1. The van der Waals surface area contributed by atoms with Crippen molar-refractivity contribution in [2.75, 3.05) is 31.0 Å². The molecule has 0 radical (unpaired) electrons. The van der Waals surface area contributed by atoms with Gasteiger partial charge in [0.05, 0.1) is 17.7 Å². The van der Waals surface area contributed by atoms with E-state index in [0.29, 0.717) is 30.8 Å². The van der Waals surface area contributed by atoms with Gasteiger partial charge in [-0.05, 0) is 55.5 Å². The van der Waals surface area contributed by atoms with Crippen molar-refractivity contribution in [2.24, 2.45) is 5.92 Å². The third-order valence-corrected chi connectivity index (χ3v) is 8.57. The normalized spacial score (nSPS) is 12.0. The number of rotatable bonds is 14. The largest absolute Gasteiger partial charge is 0.497 e. The van der Waals surface area contributed by atoms with Crippen LogP contribution < -0.4 is 14.4 Å². The highest BCUT2D eigenvalue weighted by molar-refractivity contribution is 7.92. The molecule has 0 aliphatic heterocycles. The molecule has 0 saturated heterocycles. The molecule has 0 heterocycles. The SMILES string of the molecule is CC[C@H](C(=O)NCC(C)C)N(CCc1ccccc1)C(=O)CN(c1cccc(OC)c1)S(=O)(=O)c1ccc(C)cc1. The number of nitrogens with zero attached hydrogens (tertiary/aromatic N) is 2. The predicted octanol–water partition coefficient (Wildman–Crippen LogP) is 4.82. The summed E-state index contributed by atoms with van der Waals surface area (Å²) < 4.78 is 34.4. The number of anilines is 1. The summed E-state index contributed by atoms with van der Waals surface area (Å²) in [6.45, 7) is 7.99. The second-order valence-corrected chi connectivity index (χ2v) is 12.3. The topological polar surface area (TPSA) is 96.0 Å².